The number of aliphatic hydroxyl groups excluding tert-OH is 1. The maximum Gasteiger partial charge on any atom is 0.134 e. The van der Waals surface area contributed by atoms with E-state index < -0.39 is 0 Å². The van der Waals surface area contributed by atoms with E-state index in [1.54, 1.807) is 6.20 Å². The van der Waals surface area contributed by atoms with Crippen LogP contribution < -0.4 is 5.32 Å². The molecule has 1 unspecified atom stereocenters. The second-order valence-corrected chi connectivity index (χ2v) is 8.13. The van der Waals surface area contributed by atoms with Crippen molar-refractivity contribution in [2.75, 3.05) is 26.2 Å². The molecule has 5 rings (SSSR count). The van der Waals surface area contributed by atoms with Crippen LogP contribution in [0.15, 0.2) is 48.9 Å². The van der Waals surface area contributed by atoms with Gasteiger partial charge >= 0.3 is 0 Å². The van der Waals surface area contributed by atoms with Crippen LogP contribution in [0.25, 0.3) is 11.6 Å². The van der Waals surface area contributed by atoms with Crippen molar-refractivity contribution in [3.63, 3.8) is 0 Å². The summed E-state index contributed by atoms with van der Waals surface area (Å²) in [5.41, 5.74) is 5.67. The third-order valence-corrected chi connectivity index (χ3v) is 6.15. The van der Waals surface area contributed by atoms with Crippen LogP contribution in [0.3, 0.4) is 0 Å². The standard InChI is InChI=1S/C23H24ClN5O/c24-18-3-4-19-20(13-18)17(14-29-11-8-26-21(29)15-30)12-16-2-1-5-27-22(16)23(19)28-9-6-25-7-10-28/h1-5,8,11-13,23,25,30H,6-7,9-10,14-15H2. The first-order valence-corrected chi connectivity index (χ1v) is 10.6. The van der Waals surface area contributed by atoms with E-state index in [-0.39, 0.29) is 12.6 Å². The van der Waals surface area contributed by atoms with E-state index in [4.69, 9.17) is 16.6 Å². The Morgan fingerprint density at radius 1 is 1.13 bits per heavy atom. The SMILES string of the molecule is OCc1nccn1CC1=Cc2cccnc2C(N2CCNCC2)c2ccc(Cl)cc21. The molecule has 2 N–H and O–H groups in total. The van der Waals surface area contributed by atoms with Crippen molar-refractivity contribution >= 4 is 23.3 Å². The molecule has 1 saturated heterocycles. The van der Waals surface area contributed by atoms with Crippen LogP contribution in [0.5, 0.6) is 0 Å². The average molecular weight is 422 g/mol. The Bertz CT molecular complexity index is 1090. The number of hydrogen-bond donors (Lipinski definition) is 2. The summed E-state index contributed by atoms with van der Waals surface area (Å²) in [7, 11) is 0. The van der Waals surface area contributed by atoms with Crippen molar-refractivity contribution < 1.29 is 5.11 Å². The zero-order chi connectivity index (χ0) is 20.5. The number of piperazine rings is 1. The largest absolute Gasteiger partial charge is 0.388 e. The number of fused-ring (bicyclic) bond motifs is 2. The van der Waals surface area contributed by atoms with Gasteiger partial charge in [-0.25, -0.2) is 4.98 Å². The number of benzene rings is 1. The molecule has 1 aliphatic carbocycles. The van der Waals surface area contributed by atoms with Gasteiger partial charge in [0, 0.05) is 56.3 Å². The molecular weight excluding hydrogens is 398 g/mol. The Balaban J connectivity index is 1.68. The second kappa shape index (κ2) is 8.32. The highest BCUT2D eigenvalue weighted by molar-refractivity contribution is 6.30. The van der Waals surface area contributed by atoms with Gasteiger partial charge in [0.05, 0.1) is 11.7 Å². The Hall–Kier alpha value is -2.51. The molecule has 1 aliphatic heterocycles. The normalized spacial score (nSPS) is 19.0. The number of nitrogens with one attached hydrogen (secondary N) is 1. The highest BCUT2D eigenvalue weighted by Crippen LogP contribution is 2.40. The fourth-order valence-electron chi connectivity index (χ4n) is 4.50. The van der Waals surface area contributed by atoms with E-state index >= 15 is 0 Å². The number of nitrogens with zero attached hydrogens (tertiary/aromatic N) is 4. The molecule has 0 spiro atoms. The van der Waals surface area contributed by atoms with Crippen molar-refractivity contribution in [1.82, 2.24) is 24.8 Å². The summed E-state index contributed by atoms with van der Waals surface area (Å²) in [4.78, 5) is 11.6. The van der Waals surface area contributed by atoms with Crippen molar-refractivity contribution in [3.8, 4) is 0 Å². The maximum atomic E-state index is 9.66. The predicted octanol–water partition coefficient (Wildman–Crippen LogP) is 2.97. The molecule has 6 nitrogen and oxygen atoms in total. The molecule has 7 heteroatoms. The van der Waals surface area contributed by atoms with Gasteiger partial charge in [-0.2, -0.15) is 0 Å². The summed E-state index contributed by atoms with van der Waals surface area (Å²) in [5.74, 6) is 0.647. The molecule has 1 atom stereocenters. The fourth-order valence-corrected chi connectivity index (χ4v) is 4.67. The Kier molecular flexibility index (Phi) is 5.39. The molecule has 154 valence electrons. The first-order valence-electron chi connectivity index (χ1n) is 10.3. The zero-order valence-corrected chi connectivity index (χ0v) is 17.4. The van der Waals surface area contributed by atoms with Crippen LogP contribution in [-0.4, -0.2) is 50.7 Å². The predicted molar refractivity (Wildman–Crippen MR) is 118 cm³/mol. The average Bonchev–Trinajstić information content (AvgIpc) is 3.18. The smallest absolute Gasteiger partial charge is 0.134 e. The molecule has 0 amide bonds. The number of rotatable bonds is 4. The monoisotopic (exact) mass is 421 g/mol. The molecule has 30 heavy (non-hydrogen) atoms. The lowest BCUT2D eigenvalue weighted by Gasteiger charge is -2.35. The van der Waals surface area contributed by atoms with E-state index in [0.29, 0.717) is 17.4 Å². The molecule has 2 aromatic heterocycles. The first kappa shape index (κ1) is 19.5. The van der Waals surface area contributed by atoms with Gasteiger partial charge in [0.2, 0.25) is 0 Å². The third-order valence-electron chi connectivity index (χ3n) is 5.92. The van der Waals surface area contributed by atoms with Crippen molar-refractivity contribution in [1.29, 1.82) is 0 Å². The number of halogens is 1. The number of hydrogen-bond acceptors (Lipinski definition) is 5. The maximum absolute atomic E-state index is 9.66. The van der Waals surface area contributed by atoms with Gasteiger partial charge in [-0.1, -0.05) is 23.7 Å². The van der Waals surface area contributed by atoms with Crippen LogP contribution in [-0.2, 0) is 13.2 Å². The van der Waals surface area contributed by atoms with Crippen LogP contribution in [0, 0.1) is 0 Å². The molecule has 0 saturated carbocycles. The van der Waals surface area contributed by atoms with Gasteiger partial charge in [0.25, 0.3) is 0 Å². The molecular formula is C23H24ClN5O. The Morgan fingerprint density at radius 3 is 2.83 bits per heavy atom. The lowest BCUT2D eigenvalue weighted by molar-refractivity contribution is 0.195. The number of aliphatic hydroxyl groups is 1. The lowest BCUT2D eigenvalue weighted by atomic mass is 9.93. The minimum absolute atomic E-state index is 0.0735. The summed E-state index contributed by atoms with van der Waals surface area (Å²) < 4.78 is 1.98. The summed E-state index contributed by atoms with van der Waals surface area (Å²) in [6, 6.07) is 10.4. The molecule has 0 bridgehead atoms. The summed E-state index contributed by atoms with van der Waals surface area (Å²) in [5, 5.41) is 13.8. The van der Waals surface area contributed by atoms with Crippen LogP contribution in [0.2, 0.25) is 5.02 Å². The van der Waals surface area contributed by atoms with Crippen LogP contribution in [0.1, 0.15) is 34.3 Å². The number of imidazole rings is 1. The van der Waals surface area contributed by atoms with E-state index in [9.17, 15) is 5.11 Å². The van der Waals surface area contributed by atoms with Crippen LogP contribution >= 0.6 is 11.6 Å². The number of aromatic nitrogens is 3. The van der Waals surface area contributed by atoms with Crippen molar-refractivity contribution in [2.45, 2.75) is 19.2 Å². The van der Waals surface area contributed by atoms with E-state index in [0.717, 1.165) is 48.6 Å². The van der Waals surface area contributed by atoms with Gasteiger partial charge in [-0.05, 0) is 46.5 Å². The van der Waals surface area contributed by atoms with Crippen molar-refractivity contribution in [3.05, 3.63) is 82.2 Å². The quantitative estimate of drug-likeness (QED) is 0.678. The molecule has 1 fully saturated rings. The highest BCUT2D eigenvalue weighted by Gasteiger charge is 2.31. The minimum Gasteiger partial charge on any atom is -0.388 e. The zero-order valence-electron chi connectivity index (χ0n) is 16.6. The van der Waals surface area contributed by atoms with E-state index in [1.807, 2.05) is 29.1 Å². The summed E-state index contributed by atoms with van der Waals surface area (Å²) >= 11 is 6.45. The Morgan fingerprint density at radius 2 is 2.00 bits per heavy atom. The molecule has 3 aromatic rings. The molecule has 1 aromatic carbocycles. The third kappa shape index (κ3) is 3.56. The van der Waals surface area contributed by atoms with E-state index in [1.165, 1.54) is 5.56 Å². The molecule has 0 radical (unpaired) electrons. The fraction of sp³-hybridized carbons (Fsp3) is 0.304. The van der Waals surface area contributed by atoms with E-state index in [2.05, 4.69) is 39.5 Å². The van der Waals surface area contributed by atoms with Crippen molar-refractivity contribution in [2.24, 2.45) is 0 Å². The van der Waals surface area contributed by atoms with Gasteiger partial charge in [-0.3, -0.25) is 9.88 Å². The highest BCUT2D eigenvalue weighted by atomic mass is 35.5. The first-order chi connectivity index (χ1) is 14.7. The number of allylic oxidation sites excluding steroid dienone is 1. The van der Waals surface area contributed by atoms with Gasteiger partial charge in [0.15, 0.2) is 0 Å². The van der Waals surface area contributed by atoms with Crippen LogP contribution in [0.4, 0.5) is 0 Å². The Labute approximate surface area is 180 Å². The summed E-state index contributed by atoms with van der Waals surface area (Å²) in [6.07, 6.45) is 7.71. The summed E-state index contributed by atoms with van der Waals surface area (Å²) in [6.45, 7) is 4.38. The van der Waals surface area contributed by atoms with Gasteiger partial charge < -0.3 is 15.0 Å². The van der Waals surface area contributed by atoms with Gasteiger partial charge in [-0.15, -0.1) is 0 Å². The molecule has 3 heterocycles. The minimum atomic E-state index is -0.0930. The topological polar surface area (TPSA) is 66.2 Å². The number of pyridine rings is 1. The molecule has 2 aliphatic rings. The van der Waals surface area contributed by atoms with Gasteiger partial charge in [0.1, 0.15) is 12.4 Å². The second-order valence-electron chi connectivity index (χ2n) is 7.70. The lowest BCUT2D eigenvalue weighted by Crippen LogP contribution is -2.45.